The quantitative estimate of drug-likeness (QED) is 0.688. The molecule has 0 aromatic rings. The van der Waals surface area contributed by atoms with Crippen molar-refractivity contribution in [3.8, 4) is 0 Å². The summed E-state index contributed by atoms with van der Waals surface area (Å²) in [6.45, 7) is 11.7. The van der Waals surface area contributed by atoms with Gasteiger partial charge in [0, 0.05) is 29.3 Å². The van der Waals surface area contributed by atoms with E-state index < -0.39 is 5.92 Å². The molecule has 4 rings (SSSR count). The topological polar surface area (TPSA) is 58.2 Å². The maximum Gasteiger partial charge on any atom is 0.231 e. The lowest BCUT2D eigenvalue weighted by Gasteiger charge is -2.58. The normalized spacial score (nSPS) is 43.7. The van der Waals surface area contributed by atoms with Gasteiger partial charge in [-0.05, 0) is 76.0 Å². The van der Waals surface area contributed by atoms with Crippen LogP contribution in [0.5, 0.6) is 0 Å². The average molecular weight is 373 g/mol. The van der Waals surface area contributed by atoms with Crippen molar-refractivity contribution in [2.24, 2.45) is 34.5 Å². The van der Waals surface area contributed by atoms with E-state index in [0.717, 1.165) is 18.2 Å². The highest BCUT2D eigenvalue weighted by Gasteiger charge is 2.58. The molecule has 0 bridgehead atoms. The van der Waals surface area contributed by atoms with Crippen LogP contribution in [0.15, 0.2) is 11.8 Å². The lowest BCUT2D eigenvalue weighted by molar-refractivity contribution is -0.136. The van der Waals surface area contributed by atoms with Gasteiger partial charge in [-0.3, -0.25) is 9.59 Å². The fraction of sp³-hybridized carbons (Fsp3) is 0.826. The van der Waals surface area contributed by atoms with Gasteiger partial charge < -0.3 is 10.6 Å². The zero-order valence-corrected chi connectivity index (χ0v) is 17.7. The Morgan fingerprint density at radius 1 is 1.19 bits per heavy atom. The second-order valence-corrected chi connectivity index (χ2v) is 11.2. The standard InChI is InChI=1S/C23H36N2O2/c1-21(2,3)25-20(27)14-12-23(5)17-8-10-22(4)9-6-7-16(22)15(17)13-24-19(23)11-18(14)26/h11,14-17,24H,6-10,12-13H2,1-5H3,(H,25,27)/t14?,15-,16-,17-,22-,23+/m0/s1. The van der Waals surface area contributed by atoms with Crippen molar-refractivity contribution in [3.05, 3.63) is 11.8 Å². The predicted molar refractivity (Wildman–Crippen MR) is 107 cm³/mol. The summed E-state index contributed by atoms with van der Waals surface area (Å²) in [6.07, 6.45) is 9.02. The molecule has 1 aliphatic heterocycles. The highest BCUT2D eigenvalue weighted by atomic mass is 16.2. The van der Waals surface area contributed by atoms with E-state index >= 15 is 0 Å². The van der Waals surface area contributed by atoms with Gasteiger partial charge in [0.25, 0.3) is 0 Å². The first kappa shape index (κ1) is 19.0. The van der Waals surface area contributed by atoms with Gasteiger partial charge in [-0.1, -0.05) is 20.3 Å². The Labute approximate surface area is 163 Å². The van der Waals surface area contributed by atoms with Crippen molar-refractivity contribution in [1.82, 2.24) is 10.6 Å². The minimum absolute atomic E-state index is 0.0308. The number of hydrogen-bond acceptors (Lipinski definition) is 3. The zero-order valence-electron chi connectivity index (χ0n) is 17.7. The van der Waals surface area contributed by atoms with Crippen LogP contribution in [0.2, 0.25) is 0 Å². The van der Waals surface area contributed by atoms with Crippen LogP contribution in [-0.2, 0) is 9.59 Å². The molecular formula is C23H36N2O2. The van der Waals surface area contributed by atoms with E-state index in [0.29, 0.717) is 23.7 Å². The fourth-order valence-electron chi connectivity index (χ4n) is 6.91. The largest absolute Gasteiger partial charge is 0.387 e. The van der Waals surface area contributed by atoms with Crippen molar-refractivity contribution in [3.63, 3.8) is 0 Å². The minimum atomic E-state index is -0.546. The molecule has 1 saturated heterocycles. The summed E-state index contributed by atoms with van der Waals surface area (Å²) in [7, 11) is 0. The number of piperidine rings is 1. The van der Waals surface area contributed by atoms with E-state index in [4.69, 9.17) is 0 Å². The third-order valence-electron chi connectivity index (χ3n) is 8.25. The Morgan fingerprint density at radius 2 is 1.93 bits per heavy atom. The van der Waals surface area contributed by atoms with Gasteiger partial charge in [-0.15, -0.1) is 0 Å². The Hall–Kier alpha value is -1.32. The zero-order chi connectivity index (χ0) is 19.6. The molecule has 3 aliphatic carbocycles. The van der Waals surface area contributed by atoms with Gasteiger partial charge in [-0.25, -0.2) is 0 Å². The Bertz CT molecular complexity index is 691. The molecule has 0 spiro atoms. The molecule has 1 amide bonds. The first-order chi connectivity index (χ1) is 12.5. The molecular weight excluding hydrogens is 336 g/mol. The summed E-state index contributed by atoms with van der Waals surface area (Å²) in [5.41, 5.74) is 1.20. The molecule has 0 aromatic carbocycles. The molecule has 2 N–H and O–H groups in total. The maximum absolute atomic E-state index is 12.9. The van der Waals surface area contributed by atoms with E-state index in [1.165, 1.54) is 32.1 Å². The fourth-order valence-corrected chi connectivity index (χ4v) is 6.91. The van der Waals surface area contributed by atoms with Crippen molar-refractivity contribution in [2.45, 2.75) is 78.7 Å². The van der Waals surface area contributed by atoms with Crippen LogP contribution in [0.25, 0.3) is 0 Å². The van der Waals surface area contributed by atoms with Crippen LogP contribution in [0, 0.1) is 34.5 Å². The van der Waals surface area contributed by atoms with Gasteiger partial charge in [0.15, 0.2) is 5.78 Å². The summed E-state index contributed by atoms with van der Waals surface area (Å²) in [5.74, 6) is 1.37. The smallest absolute Gasteiger partial charge is 0.231 e. The highest BCUT2D eigenvalue weighted by molar-refractivity contribution is 6.08. The van der Waals surface area contributed by atoms with Crippen LogP contribution in [-0.4, -0.2) is 23.8 Å². The highest BCUT2D eigenvalue weighted by Crippen LogP contribution is 2.62. The monoisotopic (exact) mass is 372 g/mol. The molecule has 6 atom stereocenters. The number of amides is 1. The number of rotatable bonds is 1. The SMILES string of the molecule is CC(C)(C)NC(=O)C1C[C@@]2(C)C(=CC1=O)NC[C@H]1[C@@H]3CCC[C@@]3(C)CC[C@@H]12. The summed E-state index contributed by atoms with van der Waals surface area (Å²) in [6, 6.07) is 0. The van der Waals surface area contributed by atoms with Crippen molar-refractivity contribution >= 4 is 11.7 Å². The summed E-state index contributed by atoms with van der Waals surface area (Å²) in [4.78, 5) is 25.6. The van der Waals surface area contributed by atoms with E-state index in [1.54, 1.807) is 6.08 Å². The second-order valence-electron chi connectivity index (χ2n) is 11.2. The number of allylic oxidation sites excluding steroid dienone is 2. The van der Waals surface area contributed by atoms with Crippen molar-refractivity contribution < 1.29 is 9.59 Å². The first-order valence-electron chi connectivity index (χ1n) is 10.9. The molecule has 2 saturated carbocycles. The van der Waals surface area contributed by atoms with Crippen molar-refractivity contribution in [2.75, 3.05) is 6.54 Å². The molecule has 3 fully saturated rings. The van der Waals surface area contributed by atoms with Gasteiger partial charge in [0.05, 0.1) is 0 Å². The third-order valence-corrected chi connectivity index (χ3v) is 8.25. The summed E-state index contributed by atoms with van der Waals surface area (Å²) in [5, 5.41) is 6.67. The van der Waals surface area contributed by atoms with E-state index in [-0.39, 0.29) is 22.6 Å². The molecule has 4 heteroatoms. The molecule has 4 aliphatic rings. The van der Waals surface area contributed by atoms with Gasteiger partial charge in [0.2, 0.25) is 5.91 Å². The number of fused-ring (bicyclic) bond motifs is 5. The average Bonchev–Trinajstić information content (AvgIpc) is 2.95. The van der Waals surface area contributed by atoms with Gasteiger partial charge in [-0.2, -0.15) is 0 Å². The summed E-state index contributed by atoms with van der Waals surface area (Å²) >= 11 is 0. The molecule has 0 aromatic heterocycles. The number of nitrogens with one attached hydrogen (secondary N) is 2. The van der Waals surface area contributed by atoms with Crippen LogP contribution in [0.4, 0.5) is 0 Å². The van der Waals surface area contributed by atoms with Crippen LogP contribution >= 0.6 is 0 Å². The number of ketones is 1. The van der Waals surface area contributed by atoms with E-state index in [2.05, 4.69) is 24.5 Å². The van der Waals surface area contributed by atoms with Crippen molar-refractivity contribution in [1.29, 1.82) is 0 Å². The van der Waals surface area contributed by atoms with Gasteiger partial charge in [0.1, 0.15) is 5.92 Å². The number of hydrogen-bond donors (Lipinski definition) is 2. The van der Waals surface area contributed by atoms with Crippen LogP contribution < -0.4 is 10.6 Å². The number of carbonyl (C=O) groups is 2. The van der Waals surface area contributed by atoms with E-state index in [1.807, 2.05) is 20.8 Å². The Morgan fingerprint density at radius 3 is 2.63 bits per heavy atom. The van der Waals surface area contributed by atoms with E-state index in [9.17, 15) is 9.59 Å². The molecule has 150 valence electrons. The Balaban J connectivity index is 1.62. The van der Waals surface area contributed by atoms with Crippen LogP contribution in [0.1, 0.15) is 73.1 Å². The lowest BCUT2D eigenvalue weighted by Crippen LogP contribution is -2.58. The predicted octanol–water partition coefficient (Wildman–Crippen LogP) is 3.82. The molecule has 0 radical (unpaired) electrons. The second kappa shape index (κ2) is 6.09. The first-order valence-corrected chi connectivity index (χ1v) is 10.9. The Kier molecular flexibility index (Phi) is 4.29. The molecule has 1 unspecified atom stereocenters. The van der Waals surface area contributed by atoms with Gasteiger partial charge >= 0.3 is 0 Å². The lowest BCUT2D eigenvalue weighted by atomic mass is 9.50. The molecule has 27 heavy (non-hydrogen) atoms. The third kappa shape index (κ3) is 3.03. The number of carbonyl (C=O) groups excluding carboxylic acids is 2. The maximum atomic E-state index is 12.9. The molecule has 4 nitrogen and oxygen atoms in total. The summed E-state index contributed by atoms with van der Waals surface area (Å²) < 4.78 is 0. The minimum Gasteiger partial charge on any atom is -0.387 e. The molecule has 1 heterocycles. The van der Waals surface area contributed by atoms with Crippen LogP contribution in [0.3, 0.4) is 0 Å².